The highest BCUT2D eigenvalue weighted by Gasteiger charge is 2.15. The molecule has 26 heavy (non-hydrogen) atoms. The minimum atomic E-state index is -3.23. The number of imidazole rings is 1. The largest absolute Gasteiger partial charge is 0.292 e. The van der Waals surface area contributed by atoms with Gasteiger partial charge in [0, 0.05) is 23.7 Å². The van der Waals surface area contributed by atoms with Crippen LogP contribution in [0, 0.1) is 6.92 Å². The minimum absolute atomic E-state index is 0.293. The van der Waals surface area contributed by atoms with Crippen LogP contribution in [0.2, 0.25) is 0 Å². The van der Waals surface area contributed by atoms with Gasteiger partial charge >= 0.3 is 0 Å². The van der Waals surface area contributed by atoms with Crippen molar-refractivity contribution in [2.45, 2.75) is 11.8 Å². The summed E-state index contributed by atoms with van der Waals surface area (Å²) in [6.07, 6.45) is 4.68. The molecule has 4 rings (SSSR count). The molecule has 0 saturated carbocycles. The molecule has 130 valence electrons. The third kappa shape index (κ3) is 2.88. The van der Waals surface area contributed by atoms with Gasteiger partial charge in [0.1, 0.15) is 11.3 Å². The Balaban J connectivity index is 1.95. The molecule has 0 spiro atoms. The van der Waals surface area contributed by atoms with E-state index in [-0.39, 0.29) is 0 Å². The van der Waals surface area contributed by atoms with Crippen LogP contribution >= 0.6 is 0 Å². The lowest BCUT2D eigenvalue weighted by Crippen LogP contribution is -1.99. The first-order valence-electron chi connectivity index (χ1n) is 8.13. The van der Waals surface area contributed by atoms with Crippen molar-refractivity contribution in [1.82, 2.24) is 14.5 Å². The third-order valence-corrected chi connectivity index (χ3v) is 5.42. The van der Waals surface area contributed by atoms with Crippen molar-refractivity contribution in [2.75, 3.05) is 6.26 Å². The number of pyridine rings is 1. The van der Waals surface area contributed by atoms with Gasteiger partial charge < -0.3 is 0 Å². The third-order valence-electron chi connectivity index (χ3n) is 4.29. The monoisotopic (exact) mass is 363 g/mol. The SMILES string of the molecule is Cc1ccc(-n2c(-c3ccc(S(C)(=O)=O)cc3)nc3cnccc32)cc1. The first-order chi connectivity index (χ1) is 12.4. The van der Waals surface area contributed by atoms with Crippen LogP contribution in [0.25, 0.3) is 28.1 Å². The fourth-order valence-corrected chi connectivity index (χ4v) is 3.56. The molecule has 6 heteroatoms. The molecule has 0 unspecified atom stereocenters. The van der Waals surface area contributed by atoms with Crippen molar-refractivity contribution in [3.05, 3.63) is 72.6 Å². The zero-order chi connectivity index (χ0) is 18.3. The van der Waals surface area contributed by atoms with E-state index in [9.17, 15) is 8.42 Å². The molecule has 0 aliphatic heterocycles. The molecule has 0 N–H and O–H groups in total. The van der Waals surface area contributed by atoms with E-state index in [1.807, 2.05) is 25.1 Å². The van der Waals surface area contributed by atoms with Crippen molar-refractivity contribution in [3.63, 3.8) is 0 Å². The molecule has 4 aromatic rings. The number of fused-ring (bicyclic) bond motifs is 1. The lowest BCUT2D eigenvalue weighted by Gasteiger charge is -2.10. The summed E-state index contributed by atoms with van der Waals surface area (Å²) in [5.41, 5.74) is 4.75. The quantitative estimate of drug-likeness (QED) is 0.555. The molecule has 0 aliphatic carbocycles. The van der Waals surface area contributed by atoms with Gasteiger partial charge in [0.15, 0.2) is 9.84 Å². The summed E-state index contributed by atoms with van der Waals surface area (Å²) >= 11 is 0. The average Bonchev–Trinajstić information content (AvgIpc) is 3.01. The molecule has 0 bridgehead atoms. The Bertz CT molecular complexity index is 1190. The molecule has 5 nitrogen and oxygen atoms in total. The van der Waals surface area contributed by atoms with Crippen molar-refractivity contribution in [2.24, 2.45) is 0 Å². The van der Waals surface area contributed by atoms with Crippen molar-refractivity contribution in [1.29, 1.82) is 0 Å². The molecule has 0 atom stereocenters. The zero-order valence-electron chi connectivity index (χ0n) is 14.4. The standard InChI is InChI=1S/C20H17N3O2S/c1-14-3-7-16(8-4-14)23-19-11-12-21-13-18(19)22-20(23)15-5-9-17(10-6-15)26(2,24)25/h3-13H,1-2H3. The number of aromatic nitrogens is 3. The topological polar surface area (TPSA) is 64.8 Å². The van der Waals surface area contributed by atoms with Gasteiger partial charge in [0.2, 0.25) is 0 Å². The molecule has 0 saturated heterocycles. The van der Waals surface area contributed by atoms with Crippen LogP contribution in [0.4, 0.5) is 0 Å². The molecule has 2 aromatic heterocycles. The Morgan fingerprint density at radius 1 is 0.923 bits per heavy atom. The lowest BCUT2D eigenvalue weighted by atomic mass is 10.2. The number of rotatable bonds is 3. The number of nitrogens with zero attached hydrogens (tertiary/aromatic N) is 3. The summed E-state index contributed by atoms with van der Waals surface area (Å²) in [6.45, 7) is 2.05. The second kappa shape index (κ2) is 6.07. The average molecular weight is 363 g/mol. The van der Waals surface area contributed by atoms with E-state index in [1.54, 1.807) is 36.7 Å². The van der Waals surface area contributed by atoms with Crippen LogP contribution in [0.3, 0.4) is 0 Å². The predicted molar refractivity (Wildman–Crippen MR) is 102 cm³/mol. The summed E-state index contributed by atoms with van der Waals surface area (Å²) in [7, 11) is -3.23. The fraction of sp³-hybridized carbons (Fsp3) is 0.100. The highest BCUT2D eigenvalue weighted by molar-refractivity contribution is 7.90. The second-order valence-corrected chi connectivity index (χ2v) is 8.28. The molecule has 2 heterocycles. The number of aryl methyl sites for hydroxylation is 1. The van der Waals surface area contributed by atoms with E-state index in [0.29, 0.717) is 4.90 Å². The molecule has 0 aliphatic rings. The van der Waals surface area contributed by atoms with Gasteiger partial charge in [0.25, 0.3) is 0 Å². The molecule has 0 amide bonds. The minimum Gasteiger partial charge on any atom is -0.292 e. The van der Waals surface area contributed by atoms with E-state index >= 15 is 0 Å². The van der Waals surface area contributed by atoms with E-state index in [2.05, 4.69) is 21.7 Å². The maximum absolute atomic E-state index is 11.7. The lowest BCUT2D eigenvalue weighted by molar-refractivity contribution is 0.602. The highest BCUT2D eigenvalue weighted by atomic mass is 32.2. The summed E-state index contributed by atoms with van der Waals surface area (Å²) < 4.78 is 25.5. The van der Waals surface area contributed by atoms with Crippen molar-refractivity contribution in [3.8, 4) is 17.1 Å². The zero-order valence-corrected chi connectivity index (χ0v) is 15.2. The van der Waals surface area contributed by atoms with Gasteiger partial charge in [-0.3, -0.25) is 9.55 Å². The smallest absolute Gasteiger partial charge is 0.175 e. The number of sulfone groups is 1. The Labute approximate surface area is 151 Å². The molecule has 2 aromatic carbocycles. The van der Waals surface area contributed by atoms with Gasteiger partial charge in [-0.05, 0) is 49.4 Å². The predicted octanol–water partition coefficient (Wildman–Crippen LogP) is 3.80. The van der Waals surface area contributed by atoms with E-state index in [0.717, 1.165) is 28.1 Å². The number of benzene rings is 2. The second-order valence-electron chi connectivity index (χ2n) is 6.27. The maximum Gasteiger partial charge on any atom is 0.175 e. The Kier molecular flexibility index (Phi) is 3.85. The number of hydrogen-bond acceptors (Lipinski definition) is 4. The summed E-state index contributed by atoms with van der Waals surface area (Å²) in [4.78, 5) is 9.18. The van der Waals surface area contributed by atoms with Gasteiger partial charge in [-0.2, -0.15) is 0 Å². The van der Waals surface area contributed by atoms with Crippen molar-refractivity contribution < 1.29 is 8.42 Å². The summed E-state index contributed by atoms with van der Waals surface area (Å²) in [5.74, 6) is 0.747. The van der Waals surface area contributed by atoms with Crippen LogP contribution in [0.5, 0.6) is 0 Å². The Morgan fingerprint density at radius 2 is 1.62 bits per heavy atom. The van der Waals surface area contributed by atoms with Crippen molar-refractivity contribution >= 4 is 20.9 Å². The Morgan fingerprint density at radius 3 is 2.27 bits per heavy atom. The Hall–Kier alpha value is -2.99. The molecule has 0 radical (unpaired) electrons. The normalized spacial score (nSPS) is 11.8. The van der Waals surface area contributed by atoms with Crippen LogP contribution < -0.4 is 0 Å². The van der Waals surface area contributed by atoms with Gasteiger partial charge in [-0.15, -0.1) is 0 Å². The van der Waals surface area contributed by atoms with E-state index in [1.165, 1.54) is 11.8 Å². The maximum atomic E-state index is 11.7. The summed E-state index contributed by atoms with van der Waals surface area (Å²) in [5, 5.41) is 0. The highest BCUT2D eigenvalue weighted by Crippen LogP contribution is 2.29. The van der Waals surface area contributed by atoms with Crippen LogP contribution in [-0.2, 0) is 9.84 Å². The molecule has 0 fully saturated rings. The fourth-order valence-electron chi connectivity index (χ4n) is 2.93. The van der Waals surface area contributed by atoms with Crippen LogP contribution in [-0.4, -0.2) is 29.2 Å². The van der Waals surface area contributed by atoms with Gasteiger partial charge in [-0.1, -0.05) is 17.7 Å². The first-order valence-corrected chi connectivity index (χ1v) is 10.0. The van der Waals surface area contributed by atoms with Gasteiger partial charge in [0.05, 0.1) is 16.6 Å². The van der Waals surface area contributed by atoms with E-state index < -0.39 is 9.84 Å². The summed E-state index contributed by atoms with van der Waals surface area (Å²) in [6, 6.07) is 16.9. The molecular weight excluding hydrogens is 346 g/mol. The van der Waals surface area contributed by atoms with E-state index in [4.69, 9.17) is 4.98 Å². The van der Waals surface area contributed by atoms with Crippen LogP contribution in [0.15, 0.2) is 71.9 Å². The van der Waals surface area contributed by atoms with Crippen LogP contribution in [0.1, 0.15) is 5.56 Å². The number of hydrogen-bond donors (Lipinski definition) is 0. The molecular formula is C20H17N3O2S. The first kappa shape index (κ1) is 16.5. The van der Waals surface area contributed by atoms with Gasteiger partial charge in [-0.25, -0.2) is 13.4 Å².